The van der Waals surface area contributed by atoms with E-state index in [1.165, 1.54) is 0 Å². The fourth-order valence-electron chi connectivity index (χ4n) is 5.08. The monoisotopic (exact) mass is 514 g/mol. The van der Waals surface area contributed by atoms with E-state index in [1.54, 1.807) is 34.9 Å². The van der Waals surface area contributed by atoms with Crippen LogP contribution in [0.15, 0.2) is 82.5 Å². The second-order valence-corrected chi connectivity index (χ2v) is 11.3. The third kappa shape index (κ3) is 4.89. The predicted octanol–water partition coefficient (Wildman–Crippen LogP) is 5.45. The molecule has 190 valence electrons. The van der Waals surface area contributed by atoms with Gasteiger partial charge in [-0.05, 0) is 38.0 Å². The van der Waals surface area contributed by atoms with Gasteiger partial charge in [0, 0.05) is 35.0 Å². The molecule has 1 heterocycles. The number of fused-ring (bicyclic) bond motifs is 5. The maximum Gasteiger partial charge on any atom is 0.258 e. The van der Waals surface area contributed by atoms with E-state index in [0.717, 1.165) is 48.9 Å². The van der Waals surface area contributed by atoms with Crippen LogP contribution < -0.4 is 10.3 Å². The highest BCUT2D eigenvalue weighted by Gasteiger charge is 2.32. The van der Waals surface area contributed by atoms with Crippen molar-refractivity contribution >= 4 is 26.6 Å². The summed E-state index contributed by atoms with van der Waals surface area (Å²) in [4.78, 5) is 27.0. The molecule has 0 atom stereocenters. The van der Waals surface area contributed by atoms with E-state index >= 15 is 0 Å². The summed E-state index contributed by atoms with van der Waals surface area (Å²) in [6, 6.07) is 21.7. The van der Waals surface area contributed by atoms with Crippen molar-refractivity contribution in [2.45, 2.75) is 50.5 Å². The van der Waals surface area contributed by atoms with Gasteiger partial charge in [0.25, 0.3) is 5.56 Å². The number of aryl methyl sites for hydroxylation is 1. The number of rotatable bonds is 10. The van der Waals surface area contributed by atoms with Gasteiger partial charge < -0.3 is 4.57 Å². The Morgan fingerprint density at radius 1 is 0.730 bits per heavy atom. The first-order chi connectivity index (χ1) is 17.9. The van der Waals surface area contributed by atoms with E-state index < -0.39 is 10.0 Å². The van der Waals surface area contributed by atoms with Gasteiger partial charge in [-0.25, -0.2) is 13.1 Å². The van der Waals surface area contributed by atoms with Gasteiger partial charge >= 0.3 is 0 Å². The Morgan fingerprint density at radius 3 is 2.11 bits per heavy atom. The van der Waals surface area contributed by atoms with Crippen molar-refractivity contribution in [2.75, 3.05) is 6.54 Å². The van der Waals surface area contributed by atoms with Crippen molar-refractivity contribution in [3.8, 4) is 11.3 Å². The fourth-order valence-corrected chi connectivity index (χ4v) is 6.15. The van der Waals surface area contributed by atoms with Crippen LogP contribution >= 0.6 is 0 Å². The van der Waals surface area contributed by atoms with Crippen molar-refractivity contribution in [1.29, 1.82) is 0 Å². The lowest BCUT2D eigenvalue weighted by atomic mass is 10.0. The molecule has 4 aromatic rings. The van der Waals surface area contributed by atoms with Gasteiger partial charge in [0.15, 0.2) is 5.78 Å². The molecule has 0 fully saturated rings. The van der Waals surface area contributed by atoms with E-state index in [0.29, 0.717) is 35.0 Å². The highest BCUT2D eigenvalue weighted by Crippen LogP contribution is 2.39. The van der Waals surface area contributed by atoms with Crippen LogP contribution in [0, 0.1) is 6.92 Å². The van der Waals surface area contributed by atoms with Crippen molar-refractivity contribution in [2.24, 2.45) is 0 Å². The topological polar surface area (TPSA) is 85.2 Å². The van der Waals surface area contributed by atoms with E-state index in [1.807, 2.05) is 49.4 Å². The van der Waals surface area contributed by atoms with Crippen LogP contribution in [0.25, 0.3) is 22.0 Å². The first kappa shape index (κ1) is 25.1. The minimum atomic E-state index is -3.48. The average molecular weight is 515 g/mol. The number of hydrogen-bond acceptors (Lipinski definition) is 4. The molecule has 5 rings (SSSR count). The SMILES string of the molecule is Cc1ccc(S(=O)(=O)NCCCCCCCn2c3c(c4ccccc4c2=O)C(=O)c2ccccc2-3)cc1. The van der Waals surface area contributed by atoms with E-state index in [4.69, 9.17) is 0 Å². The molecule has 0 aliphatic heterocycles. The predicted molar refractivity (Wildman–Crippen MR) is 147 cm³/mol. The fraction of sp³-hybridized carbons (Fsp3) is 0.267. The summed E-state index contributed by atoms with van der Waals surface area (Å²) in [5.41, 5.74) is 3.78. The lowest BCUT2D eigenvalue weighted by Gasteiger charge is -2.15. The van der Waals surface area contributed by atoms with Gasteiger partial charge in [-0.2, -0.15) is 0 Å². The second kappa shape index (κ2) is 10.4. The second-order valence-electron chi connectivity index (χ2n) is 9.58. The van der Waals surface area contributed by atoms with Crippen LogP contribution in [0.5, 0.6) is 0 Å². The van der Waals surface area contributed by atoms with Crippen molar-refractivity contribution in [3.05, 3.63) is 99.8 Å². The van der Waals surface area contributed by atoms with E-state index in [9.17, 15) is 18.0 Å². The van der Waals surface area contributed by atoms with Gasteiger partial charge in [0.05, 0.1) is 16.2 Å². The number of nitrogens with zero attached hydrogens (tertiary/aromatic N) is 1. The van der Waals surface area contributed by atoms with Crippen LogP contribution in [0.2, 0.25) is 0 Å². The summed E-state index contributed by atoms with van der Waals surface area (Å²) in [7, 11) is -3.48. The first-order valence-electron chi connectivity index (χ1n) is 12.7. The molecular weight excluding hydrogens is 484 g/mol. The molecule has 37 heavy (non-hydrogen) atoms. The largest absolute Gasteiger partial charge is 0.307 e. The van der Waals surface area contributed by atoms with Gasteiger partial charge in [-0.3, -0.25) is 9.59 Å². The highest BCUT2D eigenvalue weighted by molar-refractivity contribution is 7.89. The number of ketones is 1. The van der Waals surface area contributed by atoms with E-state index in [-0.39, 0.29) is 16.2 Å². The van der Waals surface area contributed by atoms with Crippen LogP contribution in [0.3, 0.4) is 0 Å². The molecule has 1 N–H and O–H groups in total. The smallest absolute Gasteiger partial charge is 0.258 e. The summed E-state index contributed by atoms with van der Waals surface area (Å²) in [5, 5.41) is 1.29. The number of benzene rings is 3. The first-order valence-corrected chi connectivity index (χ1v) is 14.2. The van der Waals surface area contributed by atoms with Gasteiger partial charge in [-0.1, -0.05) is 79.4 Å². The normalized spacial score (nSPS) is 12.6. The molecular formula is C30H30N2O4S. The quantitative estimate of drug-likeness (QED) is 0.251. The standard InChI is InChI=1S/C30H30N2O4S/c1-21-15-17-22(18-16-21)37(35,36)31-19-9-3-2-4-10-20-32-28-24-12-6-7-13-25(24)29(33)27(28)23-11-5-8-14-26(23)30(32)34/h5-8,11-18,31H,2-4,9-10,19-20H2,1H3. The molecule has 3 aromatic carbocycles. The number of nitrogens with one attached hydrogen (secondary N) is 1. The number of pyridine rings is 1. The maximum atomic E-state index is 13.4. The molecule has 0 saturated carbocycles. The molecule has 0 radical (unpaired) electrons. The number of aromatic nitrogens is 1. The zero-order valence-corrected chi connectivity index (χ0v) is 21.7. The van der Waals surface area contributed by atoms with Crippen molar-refractivity contribution in [3.63, 3.8) is 0 Å². The molecule has 0 bridgehead atoms. The third-order valence-electron chi connectivity index (χ3n) is 7.01. The van der Waals surface area contributed by atoms with Gasteiger partial charge in [0.1, 0.15) is 0 Å². The van der Waals surface area contributed by atoms with Crippen molar-refractivity contribution < 1.29 is 13.2 Å². The van der Waals surface area contributed by atoms with Gasteiger partial charge in [-0.15, -0.1) is 0 Å². The maximum absolute atomic E-state index is 13.4. The molecule has 0 unspecified atom stereocenters. The Balaban J connectivity index is 1.21. The van der Waals surface area contributed by atoms with Crippen LogP contribution in [0.4, 0.5) is 0 Å². The zero-order valence-electron chi connectivity index (χ0n) is 20.9. The highest BCUT2D eigenvalue weighted by atomic mass is 32.2. The number of carbonyl (C=O) groups is 1. The molecule has 1 aliphatic carbocycles. The lowest BCUT2D eigenvalue weighted by Crippen LogP contribution is -2.24. The Hall–Kier alpha value is -3.55. The Kier molecular flexibility index (Phi) is 7.09. The summed E-state index contributed by atoms with van der Waals surface area (Å²) in [5.74, 6) is -0.0244. The summed E-state index contributed by atoms with van der Waals surface area (Å²) < 4.78 is 29.2. The molecule has 0 amide bonds. The minimum Gasteiger partial charge on any atom is -0.307 e. The Labute approximate surface area is 217 Å². The van der Waals surface area contributed by atoms with E-state index in [2.05, 4.69) is 4.72 Å². The summed E-state index contributed by atoms with van der Waals surface area (Å²) >= 11 is 0. The van der Waals surface area contributed by atoms with Crippen LogP contribution in [-0.2, 0) is 16.6 Å². The Morgan fingerprint density at radius 2 is 1.35 bits per heavy atom. The molecule has 7 heteroatoms. The van der Waals surface area contributed by atoms with Crippen LogP contribution in [0.1, 0.15) is 53.6 Å². The van der Waals surface area contributed by atoms with Crippen LogP contribution in [-0.4, -0.2) is 25.3 Å². The zero-order chi connectivity index (χ0) is 26.0. The summed E-state index contributed by atoms with van der Waals surface area (Å²) in [6.07, 6.45) is 4.29. The van der Waals surface area contributed by atoms with Crippen molar-refractivity contribution in [1.82, 2.24) is 9.29 Å². The number of sulfonamides is 1. The number of carbonyl (C=O) groups excluding carboxylic acids is 1. The summed E-state index contributed by atoms with van der Waals surface area (Å²) in [6.45, 7) is 2.85. The molecule has 0 saturated heterocycles. The minimum absolute atomic E-state index is 0.0244. The molecule has 6 nitrogen and oxygen atoms in total. The van der Waals surface area contributed by atoms with Gasteiger partial charge in [0.2, 0.25) is 10.0 Å². The Bertz CT molecular complexity index is 1640. The third-order valence-corrected chi connectivity index (χ3v) is 8.49. The lowest BCUT2D eigenvalue weighted by molar-refractivity contribution is 0.104. The number of hydrogen-bond donors (Lipinski definition) is 1. The molecule has 0 spiro atoms. The average Bonchev–Trinajstić information content (AvgIpc) is 3.20. The number of unbranched alkanes of at least 4 members (excludes halogenated alkanes) is 4. The molecule has 1 aliphatic rings. The molecule has 1 aromatic heterocycles.